The van der Waals surface area contributed by atoms with Gasteiger partial charge in [0.25, 0.3) is 0 Å². The van der Waals surface area contributed by atoms with Crippen molar-refractivity contribution in [1.82, 2.24) is 19.7 Å². The average molecular weight is 443 g/mol. The Morgan fingerprint density at radius 2 is 1.71 bits per heavy atom. The third-order valence-corrected chi connectivity index (χ3v) is 6.48. The second-order valence-corrected chi connectivity index (χ2v) is 8.50. The number of likely N-dealkylation sites (tertiary alicyclic amines) is 1. The van der Waals surface area contributed by atoms with E-state index < -0.39 is 0 Å². The lowest BCUT2D eigenvalue weighted by molar-refractivity contribution is -0.132. The molecule has 0 N–H and O–H groups in total. The van der Waals surface area contributed by atoms with Crippen molar-refractivity contribution < 1.29 is 13.6 Å². The Morgan fingerprint density at radius 1 is 1.03 bits per heavy atom. The highest BCUT2D eigenvalue weighted by Gasteiger charge is 2.26. The van der Waals surface area contributed by atoms with Crippen LogP contribution in [0.1, 0.15) is 32.6 Å². The molecule has 1 aromatic heterocycles. The molecule has 1 unspecified atom stereocenters. The van der Waals surface area contributed by atoms with Crippen molar-refractivity contribution in [2.45, 2.75) is 43.8 Å². The highest BCUT2D eigenvalue weighted by atomic mass is 32.2. The number of halogens is 2. The number of aromatic nitrogens is 3. The fraction of sp³-hybridized carbons (Fsp3) is 0.348. The fourth-order valence-electron chi connectivity index (χ4n) is 3.93. The molecule has 0 saturated carbocycles. The summed E-state index contributed by atoms with van der Waals surface area (Å²) < 4.78 is 28.7. The van der Waals surface area contributed by atoms with Gasteiger partial charge in [0.1, 0.15) is 11.6 Å². The van der Waals surface area contributed by atoms with Gasteiger partial charge < -0.3 is 4.90 Å². The number of nitrogens with zero attached hydrogens (tertiary/aromatic N) is 4. The lowest BCUT2D eigenvalue weighted by Gasteiger charge is -2.35. The molecule has 162 valence electrons. The number of hydrogen-bond acceptors (Lipinski definition) is 4. The second-order valence-electron chi connectivity index (χ2n) is 7.56. The van der Waals surface area contributed by atoms with Gasteiger partial charge in [-0.25, -0.2) is 8.78 Å². The molecule has 4 rings (SSSR count). The van der Waals surface area contributed by atoms with Crippen molar-refractivity contribution in [3.63, 3.8) is 0 Å². The maximum atomic E-state index is 13.5. The number of rotatable bonds is 6. The summed E-state index contributed by atoms with van der Waals surface area (Å²) in [6.45, 7) is 2.91. The van der Waals surface area contributed by atoms with Crippen molar-refractivity contribution >= 4 is 17.7 Å². The Kier molecular flexibility index (Phi) is 6.65. The Morgan fingerprint density at radius 3 is 2.39 bits per heavy atom. The molecule has 0 bridgehead atoms. The monoisotopic (exact) mass is 442 g/mol. The van der Waals surface area contributed by atoms with Gasteiger partial charge in [0, 0.05) is 23.8 Å². The summed E-state index contributed by atoms with van der Waals surface area (Å²) in [4.78, 5) is 14.9. The van der Waals surface area contributed by atoms with E-state index in [-0.39, 0.29) is 23.3 Å². The van der Waals surface area contributed by atoms with E-state index in [4.69, 9.17) is 0 Å². The highest BCUT2D eigenvalue weighted by molar-refractivity contribution is 7.99. The SMILES string of the molecule is CCC1CCCCN1C(=O)CSc1nnc(-c2ccc(F)cc2)n1-c1ccc(F)cc1. The van der Waals surface area contributed by atoms with Crippen molar-refractivity contribution in [1.29, 1.82) is 0 Å². The number of amides is 1. The first-order valence-corrected chi connectivity index (χ1v) is 11.4. The Labute approximate surface area is 184 Å². The summed E-state index contributed by atoms with van der Waals surface area (Å²) in [5.74, 6) is 0.155. The molecule has 31 heavy (non-hydrogen) atoms. The van der Waals surface area contributed by atoms with Crippen LogP contribution in [0.15, 0.2) is 53.7 Å². The van der Waals surface area contributed by atoms with E-state index in [1.807, 2.05) is 4.90 Å². The van der Waals surface area contributed by atoms with Gasteiger partial charge in [0.2, 0.25) is 5.91 Å². The van der Waals surface area contributed by atoms with Crippen LogP contribution in [-0.4, -0.2) is 43.9 Å². The summed E-state index contributed by atoms with van der Waals surface area (Å²) in [7, 11) is 0. The van der Waals surface area contributed by atoms with Crippen LogP contribution in [0.5, 0.6) is 0 Å². The minimum Gasteiger partial charge on any atom is -0.339 e. The number of thioether (sulfide) groups is 1. The van der Waals surface area contributed by atoms with Crippen LogP contribution >= 0.6 is 11.8 Å². The van der Waals surface area contributed by atoms with E-state index >= 15 is 0 Å². The molecule has 1 atom stereocenters. The molecule has 1 fully saturated rings. The first-order valence-electron chi connectivity index (χ1n) is 10.5. The summed E-state index contributed by atoms with van der Waals surface area (Å²) in [6, 6.07) is 12.3. The Bertz CT molecular complexity index is 1040. The van der Waals surface area contributed by atoms with Crippen molar-refractivity contribution in [2.24, 2.45) is 0 Å². The van der Waals surface area contributed by atoms with Gasteiger partial charge >= 0.3 is 0 Å². The predicted octanol–water partition coefficient (Wildman–Crippen LogP) is 5.10. The maximum Gasteiger partial charge on any atom is 0.233 e. The minimum absolute atomic E-state index is 0.0912. The van der Waals surface area contributed by atoms with Crippen LogP contribution in [0.4, 0.5) is 8.78 Å². The number of piperidine rings is 1. The molecule has 0 aliphatic carbocycles. The molecular formula is C23H24F2N4OS. The molecule has 0 radical (unpaired) electrons. The molecule has 0 spiro atoms. The molecular weight excluding hydrogens is 418 g/mol. The van der Waals surface area contributed by atoms with E-state index in [9.17, 15) is 13.6 Å². The van der Waals surface area contributed by atoms with Crippen molar-refractivity contribution in [3.05, 3.63) is 60.2 Å². The summed E-state index contributed by atoms with van der Waals surface area (Å²) in [5, 5.41) is 9.11. The van der Waals surface area contributed by atoms with Gasteiger partial charge in [-0.2, -0.15) is 0 Å². The van der Waals surface area contributed by atoms with Gasteiger partial charge in [-0.15, -0.1) is 10.2 Å². The first kappa shape index (κ1) is 21.5. The van der Waals surface area contributed by atoms with E-state index in [1.165, 1.54) is 36.0 Å². The van der Waals surface area contributed by atoms with Crippen molar-refractivity contribution in [3.8, 4) is 17.1 Å². The number of benzene rings is 2. The number of carbonyl (C=O) groups is 1. The quantitative estimate of drug-likeness (QED) is 0.499. The van der Waals surface area contributed by atoms with Crippen LogP contribution < -0.4 is 0 Å². The largest absolute Gasteiger partial charge is 0.339 e. The van der Waals surface area contributed by atoms with Gasteiger partial charge in [-0.05, 0) is 74.2 Å². The topological polar surface area (TPSA) is 51.0 Å². The third-order valence-electron chi connectivity index (χ3n) is 5.56. The number of hydrogen-bond donors (Lipinski definition) is 0. The zero-order valence-corrected chi connectivity index (χ0v) is 18.1. The third kappa shape index (κ3) is 4.79. The summed E-state index contributed by atoms with van der Waals surface area (Å²) >= 11 is 1.31. The van der Waals surface area contributed by atoms with Gasteiger partial charge in [0.15, 0.2) is 11.0 Å². The highest BCUT2D eigenvalue weighted by Crippen LogP contribution is 2.29. The van der Waals surface area contributed by atoms with E-state index in [0.29, 0.717) is 28.3 Å². The van der Waals surface area contributed by atoms with Gasteiger partial charge in [-0.3, -0.25) is 9.36 Å². The molecule has 2 aromatic carbocycles. The average Bonchev–Trinajstić information content (AvgIpc) is 3.22. The molecule has 1 aliphatic rings. The van der Waals surface area contributed by atoms with Crippen LogP contribution in [0.3, 0.4) is 0 Å². The summed E-state index contributed by atoms with van der Waals surface area (Å²) in [5.41, 5.74) is 1.35. The minimum atomic E-state index is -0.347. The standard InChI is InChI=1S/C23H24F2N4OS/c1-2-19-5-3-4-14-28(19)21(30)15-31-23-27-26-22(16-6-8-17(24)9-7-16)29(23)20-12-10-18(25)11-13-20/h6-13,19H,2-5,14-15H2,1H3. The lowest BCUT2D eigenvalue weighted by Crippen LogP contribution is -2.44. The molecule has 2 heterocycles. The van der Waals surface area contributed by atoms with E-state index in [2.05, 4.69) is 17.1 Å². The number of carbonyl (C=O) groups excluding carboxylic acids is 1. The Balaban J connectivity index is 1.62. The normalized spacial score (nSPS) is 16.5. The molecule has 3 aromatic rings. The molecule has 8 heteroatoms. The van der Waals surface area contributed by atoms with E-state index in [0.717, 1.165) is 32.2 Å². The van der Waals surface area contributed by atoms with Gasteiger partial charge in [-0.1, -0.05) is 18.7 Å². The predicted molar refractivity (Wildman–Crippen MR) is 117 cm³/mol. The molecule has 1 saturated heterocycles. The second kappa shape index (κ2) is 9.60. The van der Waals surface area contributed by atoms with Crippen molar-refractivity contribution in [2.75, 3.05) is 12.3 Å². The zero-order chi connectivity index (χ0) is 21.8. The van der Waals surface area contributed by atoms with Crippen LogP contribution in [0.2, 0.25) is 0 Å². The molecule has 1 aliphatic heterocycles. The maximum absolute atomic E-state index is 13.5. The molecule has 1 amide bonds. The summed E-state index contributed by atoms with van der Waals surface area (Å²) in [6.07, 6.45) is 4.20. The first-order chi connectivity index (χ1) is 15.1. The van der Waals surface area contributed by atoms with Crippen LogP contribution in [0.25, 0.3) is 17.1 Å². The fourth-order valence-corrected chi connectivity index (χ4v) is 4.77. The smallest absolute Gasteiger partial charge is 0.233 e. The van der Waals surface area contributed by atoms with E-state index in [1.54, 1.807) is 28.8 Å². The Hall–Kier alpha value is -2.74. The van der Waals surface area contributed by atoms with Gasteiger partial charge in [0.05, 0.1) is 5.75 Å². The molecule has 5 nitrogen and oxygen atoms in total. The van der Waals surface area contributed by atoms with Crippen LogP contribution in [0, 0.1) is 11.6 Å². The zero-order valence-electron chi connectivity index (χ0n) is 17.3. The lowest BCUT2D eigenvalue weighted by atomic mass is 10.0. The van der Waals surface area contributed by atoms with Crippen LogP contribution in [-0.2, 0) is 4.79 Å².